The molecule has 4 amide bonds. The molecule has 3 N–H and O–H groups in total. The van der Waals surface area contributed by atoms with Gasteiger partial charge in [-0.2, -0.15) is 0 Å². The number of nitrogens with one attached hydrogen (secondary N) is 2. The highest BCUT2D eigenvalue weighted by Crippen LogP contribution is 2.47. The van der Waals surface area contributed by atoms with E-state index in [-0.39, 0.29) is 31.3 Å². The van der Waals surface area contributed by atoms with Crippen LogP contribution in [0.15, 0.2) is 36.4 Å². The summed E-state index contributed by atoms with van der Waals surface area (Å²) in [7, 11) is -2.31. The second kappa shape index (κ2) is 11.3. The largest absolute Gasteiger partial charge is 0.497 e. The van der Waals surface area contributed by atoms with Crippen molar-refractivity contribution in [3.8, 4) is 5.75 Å². The molecule has 3 fully saturated rings. The first kappa shape index (κ1) is 29.4. The summed E-state index contributed by atoms with van der Waals surface area (Å²) in [4.78, 5) is 44.0. The van der Waals surface area contributed by atoms with E-state index < -0.39 is 44.3 Å². The Kier molecular flexibility index (Phi) is 8.08. The number of aliphatic hydroxyl groups excluding tert-OH is 1. The van der Waals surface area contributed by atoms with Crippen LogP contribution in [0.1, 0.15) is 63.9 Å². The Bertz CT molecular complexity index is 1310. The molecule has 0 spiro atoms. The van der Waals surface area contributed by atoms with Crippen LogP contribution in [0.5, 0.6) is 5.75 Å². The van der Waals surface area contributed by atoms with Crippen LogP contribution in [0.4, 0.5) is 4.79 Å². The van der Waals surface area contributed by atoms with Crippen molar-refractivity contribution in [1.29, 1.82) is 0 Å². The molecule has 4 atom stereocenters. The van der Waals surface area contributed by atoms with Crippen LogP contribution in [0.25, 0.3) is 0 Å². The lowest BCUT2D eigenvalue weighted by Crippen LogP contribution is -2.58. The number of aliphatic hydroxyl groups is 1. The molecule has 1 saturated heterocycles. The number of amides is 4. The van der Waals surface area contributed by atoms with Gasteiger partial charge in [0.05, 0.1) is 18.0 Å². The Hall–Kier alpha value is -3.12. The van der Waals surface area contributed by atoms with E-state index in [4.69, 9.17) is 4.74 Å². The number of carbonyl (C=O) groups excluding carboxylic acids is 3. The van der Waals surface area contributed by atoms with Gasteiger partial charge in [0.15, 0.2) is 0 Å². The molecular weight excluding hydrogens is 548 g/mol. The first-order valence-corrected chi connectivity index (χ1v) is 15.9. The van der Waals surface area contributed by atoms with Gasteiger partial charge < -0.3 is 25.0 Å². The lowest BCUT2D eigenvalue weighted by molar-refractivity contribution is -0.131. The number of benzene rings is 1. The maximum Gasteiger partial charge on any atom is 0.321 e. The molecule has 224 valence electrons. The van der Waals surface area contributed by atoms with Crippen LogP contribution >= 0.6 is 0 Å². The van der Waals surface area contributed by atoms with Gasteiger partial charge in [-0.05, 0) is 63.1 Å². The molecular formula is C29H40N4O7S. The van der Waals surface area contributed by atoms with Gasteiger partial charge in [-0.15, -0.1) is 0 Å². The number of methoxy groups -OCH3 is 1. The van der Waals surface area contributed by atoms with E-state index in [1.54, 1.807) is 18.9 Å². The lowest BCUT2D eigenvalue weighted by Gasteiger charge is -2.32. The quantitative estimate of drug-likeness (QED) is 0.432. The molecule has 1 aromatic rings. The van der Waals surface area contributed by atoms with Crippen molar-refractivity contribution in [3.05, 3.63) is 42.0 Å². The van der Waals surface area contributed by atoms with Crippen LogP contribution < -0.4 is 14.8 Å². The molecule has 2 aliphatic heterocycles. The zero-order chi connectivity index (χ0) is 29.4. The smallest absolute Gasteiger partial charge is 0.321 e. The number of hydrogen-bond acceptors (Lipinski definition) is 7. The van der Waals surface area contributed by atoms with Crippen LogP contribution in [-0.2, 0) is 26.2 Å². The molecule has 41 heavy (non-hydrogen) atoms. The summed E-state index contributed by atoms with van der Waals surface area (Å²) in [5.41, 5.74) is -0.514. The number of fused-ring (bicyclic) bond motifs is 2. The van der Waals surface area contributed by atoms with E-state index in [1.165, 1.54) is 4.90 Å². The van der Waals surface area contributed by atoms with Gasteiger partial charge in [-0.1, -0.05) is 30.7 Å². The Morgan fingerprint density at radius 3 is 2.59 bits per heavy atom. The van der Waals surface area contributed by atoms with Crippen LogP contribution in [-0.4, -0.2) is 83.8 Å². The predicted octanol–water partition coefficient (Wildman–Crippen LogP) is 2.06. The Labute approximate surface area is 241 Å². The molecule has 0 unspecified atom stereocenters. The van der Waals surface area contributed by atoms with E-state index >= 15 is 0 Å². The van der Waals surface area contributed by atoms with Crippen LogP contribution in [0.2, 0.25) is 0 Å². The second-order valence-corrected chi connectivity index (χ2v) is 14.2. The van der Waals surface area contributed by atoms with Gasteiger partial charge in [-0.3, -0.25) is 14.3 Å². The highest BCUT2D eigenvalue weighted by atomic mass is 32.2. The number of hydrogen-bond donors (Lipinski definition) is 3. The molecule has 2 saturated carbocycles. The normalized spacial score (nSPS) is 30.7. The summed E-state index contributed by atoms with van der Waals surface area (Å²) in [6, 6.07) is 6.09. The van der Waals surface area contributed by atoms with Crippen LogP contribution in [0, 0.1) is 5.92 Å². The Morgan fingerprint density at radius 1 is 1.17 bits per heavy atom. The third-order valence-electron chi connectivity index (χ3n) is 8.89. The van der Waals surface area contributed by atoms with Crippen molar-refractivity contribution in [2.45, 2.75) is 87.3 Å². The van der Waals surface area contributed by atoms with Crippen molar-refractivity contribution in [2.24, 2.45) is 5.92 Å². The molecule has 2 aliphatic carbocycles. The summed E-state index contributed by atoms with van der Waals surface area (Å²) in [6.45, 7) is 2.40. The second-order valence-electron chi connectivity index (χ2n) is 12.0. The Balaban J connectivity index is 1.39. The average molecular weight is 589 g/mol. The van der Waals surface area contributed by atoms with E-state index in [9.17, 15) is 27.9 Å². The van der Waals surface area contributed by atoms with Gasteiger partial charge >= 0.3 is 6.03 Å². The molecule has 0 aromatic heterocycles. The van der Waals surface area contributed by atoms with Gasteiger partial charge in [-0.25, -0.2) is 13.2 Å². The summed E-state index contributed by atoms with van der Waals surface area (Å²) >= 11 is 0. The number of carbonyl (C=O) groups is 3. The monoisotopic (exact) mass is 588 g/mol. The standard InChI is InChI=1S/C29H40N4O7S/c1-28(13-14-28)41(38,39)31-26(36)29-17-21(29)8-6-4-3-5-7-15-32(18-20-9-11-23(40-2)12-10-20)27(37)33-19-22(34)16-24(33)25(35)30-29/h6,8-12,21-22,24,34H,3-5,7,13-19H2,1-2H3,(H,30,35)(H,31,36)/b8-6-/t21-,22-,24+,29-/m1/s1. The number of urea groups is 1. The minimum atomic E-state index is -3.90. The number of nitrogens with zero attached hydrogens (tertiary/aromatic N) is 2. The minimum absolute atomic E-state index is 0.00864. The van der Waals surface area contributed by atoms with Gasteiger partial charge in [0.1, 0.15) is 17.3 Å². The fraction of sp³-hybridized carbons (Fsp3) is 0.621. The molecule has 11 nitrogen and oxygen atoms in total. The van der Waals surface area contributed by atoms with Crippen molar-refractivity contribution >= 4 is 27.9 Å². The van der Waals surface area contributed by atoms with Crippen molar-refractivity contribution in [3.63, 3.8) is 0 Å². The van der Waals surface area contributed by atoms with E-state index in [2.05, 4.69) is 10.0 Å². The summed E-state index contributed by atoms with van der Waals surface area (Å²) in [5.74, 6) is -0.980. The molecule has 0 radical (unpaired) electrons. The summed E-state index contributed by atoms with van der Waals surface area (Å²) in [5, 5.41) is 13.3. The molecule has 1 aromatic carbocycles. The van der Waals surface area contributed by atoms with Crippen molar-refractivity contribution in [1.82, 2.24) is 19.8 Å². The van der Waals surface area contributed by atoms with E-state index in [1.807, 2.05) is 36.4 Å². The van der Waals surface area contributed by atoms with Crippen molar-refractivity contribution in [2.75, 3.05) is 20.2 Å². The molecule has 12 heteroatoms. The fourth-order valence-corrected chi connectivity index (χ4v) is 7.03. The first-order valence-electron chi connectivity index (χ1n) is 14.4. The molecule has 4 aliphatic rings. The van der Waals surface area contributed by atoms with Gasteiger partial charge in [0, 0.05) is 32.0 Å². The van der Waals surface area contributed by atoms with Crippen molar-refractivity contribution < 1.29 is 32.6 Å². The number of allylic oxidation sites excluding steroid dienone is 1. The van der Waals surface area contributed by atoms with Crippen LogP contribution in [0.3, 0.4) is 0 Å². The van der Waals surface area contributed by atoms with E-state index in [0.29, 0.717) is 31.7 Å². The average Bonchev–Trinajstić information content (AvgIpc) is 3.82. The molecule has 0 bridgehead atoms. The maximum absolute atomic E-state index is 13.9. The van der Waals surface area contributed by atoms with E-state index in [0.717, 1.165) is 31.2 Å². The summed E-state index contributed by atoms with van der Waals surface area (Å²) in [6.07, 6.45) is 7.52. The minimum Gasteiger partial charge on any atom is -0.497 e. The zero-order valence-electron chi connectivity index (χ0n) is 23.7. The highest BCUT2D eigenvalue weighted by molar-refractivity contribution is 7.91. The third-order valence-corrected chi connectivity index (χ3v) is 11.1. The zero-order valence-corrected chi connectivity index (χ0v) is 24.5. The Morgan fingerprint density at radius 2 is 1.90 bits per heavy atom. The number of rotatable bonds is 6. The lowest BCUT2D eigenvalue weighted by atomic mass is 10.1. The fourth-order valence-electron chi connectivity index (χ4n) is 5.72. The molecule has 2 heterocycles. The first-order chi connectivity index (χ1) is 19.5. The molecule has 5 rings (SSSR count). The van der Waals surface area contributed by atoms with Gasteiger partial charge in [0.2, 0.25) is 15.9 Å². The SMILES string of the molecule is COc1ccc(CN2CCCCC/C=C\[C@@H]3C[C@@]3(C(=O)NS(=O)(=O)C3(C)CC3)NC(=O)[C@@H]3C[C@@H](O)CN3C2=O)cc1. The number of sulfonamides is 1. The topological polar surface area (TPSA) is 145 Å². The third kappa shape index (κ3) is 6.08. The number of ether oxygens (including phenoxy) is 1. The highest BCUT2D eigenvalue weighted by Gasteiger charge is 2.63. The maximum atomic E-state index is 13.9. The summed E-state index contributed by atoms with van der Waals surface area (Å²) < 4.78 is 32.2. The van der Waals surface area contributed by atoms with Gasteiger partial charge in [0.25, 0.3) is 5.91 Å². The predicted molar refractivity (Wildman–Crippen MR) is 151 cm³/mol.